The third kappa shape index (κ3) is 3.44. The first-order valence-electron chi connectivity index (χ1n) is 4.61. The normalized spacial score (nSPS) is 17.3. The SMILES string of the molecule is CC(=O)OCCN1CCCCC1=O. The molecule has 4 heteroatoms. The van der Waals surface area contributed by atoms with Gasteiger partial charge < -0.3 is 9.64 Å². The molecule has 74 valence electrons. The summed E-state index contributed by atoms with van der Waals surface area (Å²) in [7, 11) is 0. The van der Waals surface area contributed by atoms with Crippen LogP contribution >= 0.6 is 0 Å². The van der Waals surface area contributed by atoms with Gasteiger partial charge in [0, 0.05) is 19.9 Å². The van der Waals surface area contributed by atoms with Crippen molar-refractivity contribution in [2.75, 3.05) is 19.7 Å². The first-order chi connectivity index (χ1) is 6.20. The van der Waals surface area contributed by atoms with Crippen LogP contribution in [0.1, 0.15) is 26.2 Å². The molecule has 0 saturated carbocycles. The summed E-state index contributed by atoms with van der Waals surface area (Å²) in [4.78, 5) is 23.5. The molecule has 1 heterocycles. The van der Waals surface area contributed by atoms with E-state index in [1.165, 1.54) is 6.92 Å². The van der Waals surface area contributed by atoms with Crippen LogP contribution in [0.25, 0.3) is 0 Å². The first kappa shape index (κ1) is 10.0. The maximum Gasteiger partial charge on any atom is 0.302 e. The van der Waals surface area contributed by atoms with Crippen LogP contribution in [0.2, 0.25) is 0 Å². The Balaban J connectivity index is 2.19. The molecule has 0 radical (unpaired) electrons. The molecule has 0 N–H and O–H groups in total. The summed E-state index contributed by atoms with van der Waals surface area (Å²) in [5.41, 5.74) is 0. The van der Waals surface area contributed by atoms with E-state index in [1.54, 1.807) is 4.90 Å². The summed E-state index contributed by atoms with van der Waals surface area (Å²) in [6, 6.07) is 0. The number of likely N-dealkylation sites (tertiary alicyclic amines) is 1. The zero-order valence-corrected chi connectivity index (χ0v) is 7.91. The molecule has 0 unspecified atom stereocenters. The number of amides is 1. The molecule has 1 amide bonds. The van der Waals surface area contributed by atoms with Crippen molar-refractivity contribution in [3.8, 4) is 0 Å². The molecule has 0 aromatic carbocycles. The third-order valence-electron chi connectivity index (χ3n) is 2.09. The van der Waals surface area contributed by atoms with Gasteiger partial charge in [-0.3, -0.25) is 9.59 Å². The van der Waals surface area contributed by atoms with Crippen molar-refractivity contribution in [1.29, 1.82) is 0 Å². The van der Waals surface area contributed by atoms with Crippen molar-refractivity contribution in [3.05, 3.63) is 0 Å². The number of nitrogens with zero attached hydrogens (tertiary/aromatic N) is 1. The Hall–Kier alpha value is -1.06. The predicted molar refractivity (Wildman–Crippen MR) is 47.1 cm³/mol. The minimum Gasteiger partial charge on any atom is -0.464 e. The molecular formula is C9H15NO3. The number of piperidine rings is 1. The lowest BCUT2D eigenvalue weighted by Gasteiger charge is -2.26. The van der Waals surface area contributed by atoms with Crippen LogP contribution in [0.15, 0.2) is 0 Å². The molecule has 0 aromatic heterocycles. The molecule has 0 bridgehead atoms. The number of ether oxygens (including phenoxy) is 1. The average Bonchev–Trinajstić information content (AvgIpc) is 2.08. The van der Waals surface area contributed by atoms with E-state index in [0.29, 0.717) is 19.6 Å². The fourth-order valence-corrected chi connectivity index (χ4v) is 1.40. The first-order valence-corrected chi connectivity index (χ1v) is 4.61. The van der Waals surface area contributed by atoms with Gasteiger partial charge in [-0.2, -0.15) is 0 Å². The maximum atomic E-state index is 11.3. The van der Waals surface area contributed by atoms with E-state index in [0.717, 1.165) is 19.4 Å². The monoisotopic (exact) mass is 185 g/mol. The van der Waals surface area contributed by atoms with Crippen molar-refractivity contribution in [3.63, 3.8) is 0 Å². The summed E-state index contributed by atoms with van der Waals surface area (Å²) < 4.78 is 4.76. The Morgan fingerprint density at radius 2 is 2.31 bits per heavy atom. The van der Waals surface area contributed by atoms with Gasteiger partial charge in [0.15, 0.2) is 0 Å². The second-order valence-electron chi connectivity index (χ2n) is 3.18. The van der Waals surface area contributed by atoms with Crippen molar-refractivity contribution < 1.29 is 14.3 Å². The van der Waals surface area contributed by atoms with Gasteiger partial charge in [-0.05, 0) is 12.8 Å². The standard InChI is InChI=1S/C9H15NO3/c1-8(11)13-7-6-10-5-3-2-4-9(10)12/h2-7H2,1H3. The second-order valence-corrected chi connectivity index (χ2v) is 3.18. The van der Waals surface area contributed by atoms with Crippen molar-refractivity contribution in [1.82, 2.24) is 4.90 Å². The molecule has 1 aliphatic heterocycles. The van der Waals surface area contributed by atoms with Gasteiger partial charge in [0.05, 0.1) is 6.54 Å². The number of esters is 1. The van der Waals surface area contributed by atoms with E-state index in [2.05, 4.69) is 0 Å². The highest BCUT2D eigenvalue weighted by Gasteiger charge is 2.17. The van der Waals surface area contributed by atoms with Crippen molar-refractivity contribution >= 4 is 11.9 Å². The van der Waals surface area contributed by atoms with Gasteiger partial charge in [0.25, 0.3) is 0 Å². The van der Waals surface area contributed by atoms with Crippen LogP contribution < -0.4 is 0 Å². The zero-order valence-electron chi connectivity index (χ0n) is 7.91. The quantitative estimate of drug-likeness (QED) is 0.604. The minimum absolute atomic E-state index is 0.179. The summed E-state index contributed by atoms with van der Waals surface area (Å²) in [5, 5.41) is 0. The van der Waals surface area contributed by atoms with E-state index in [1.807, 2.05) is 0 Å². The van der Waals surface area contributed by atoms with Crippen molar-refractivity contribution in [2.45, 2.75) is 26.2 Å². The summed E-state index contributed by atoms with van der Waals surface area (Å²) in [6.45, 7) is 3.04. The van der Waals surface area contributed by atoms with Gasteiger partial charge in [-0.25, -0.2) is 0 Å². The van der Waals surface area contributed by atoms with E-state index >= 15 is 0 Å². The molecule has 0 aliphatic carbocycles. The molecule has 0 atom stereocenters. The van der Waals surface area contributed by atoms with Gasteiger partial charge >= 0.3 is 5.97 Å². The lowest BCUT2D eigenvalue weighted by Crippen LogP contribution is -2.37. The van der Waals surface area contributed by atoms with E-state index in [9.17, 15) is 9.59 Å². The lowest BCUT2D eigenvalue weighted by atomic mass is 10.1. The Morgan fingerprint density at radius 3 is 2.92 bits per heavy atom. The highest BCUT2D eigenvalue weighted by atomic mass is 16.5. The zero-order chi connectivity index (χ0) is 9.68. The minimum atomic E-state index is -0.288. The average molecular weight is 185 g/mol. The van der Waals surface area contributed by atoms with E-state index in [4.69, 9.17) is 4.74 Å². The Bertz CT molecular complexity index is 203. The summed E-state index contributed by atoms with van der Waals surface area (Å²) >= 11 is 0. The number of carbonyl (C=O) groups excluding carboxylic acids is 2. The predicted octanol–water partition coefficient (Wildman–Crippen LogP) is 0.562. The Kier molecular flexibility index (Phi) is 3.73. The summed E-state index contributed by atoms with van der Waals surface area (Å²) in [5.74, 6) is -0.108. The van der Waals surface area contributed by atoms with Crippen LogP contribution in [-0.2, 0) is 14.3 Å². The second kappa shape index (κ2) is 4.84. The topological polar surface area (TPSA) is 46.6 Å². The fourth-order valence-electron chi connectivity index (χ4n) is 1.40. The van der Waals surface area contributed by atoms with Gasteiger partial charge in [0.1, 0.15) is 6.61 Å². The Morgan fingerprint density at radius 1 is 1.54 bits per heavy atom. The largest absolute Gasteiger partial charge is 0.464 e. The maximum absolute atomic E-state index is 11.3. The Labute approximate surface area is 77.8 Å². The molecular weight excluding hydrogens is 170 g/mol. The van der Waals surface area contributed by atoms with Crippen LogP contribution in [0.3, 0.4) is 0 Å². The fraction of sp³-hybridized carbons (Fsp3) is 0.778. The van der Waals surface area contributed by atoms with Crippen LogP contribution in [0.4, 0.5) is 0 Å². The lowest BCUT2D eigenvalue weighted by molar-refractivity contribution is -0.144. The molecule has 0 spiro atoms. The molecule has 1 saturated heterocycles. The number of rotatable bonds is 3. The van der Waals surface area contributed by atoms with Crippen LogP contribution in [0.5, 0.6) is 0 Å². The molecule has 0 aromatic rings. The van der Waals surface area contributed by atoms with Gasteiger partial charge in [-0.1, -0.05) is 0 Å². The van der Waals surface area contributed by atoms with Crippen LogP contribution in [-0.4, -0.2) is 36.5 Å². The molecule has 1 rings (SSSR count). The highest BCUT2D eigenvalue weighted by molar-refractivity contribution is 5.76. The van der Waals surface area contributed by atoms with Crippen molar-refractivity contribution in [2.24, 2.45) is 0 Å². The van der Waals surface area contributed by atoms with Crippen LogP contribution in [0, 0.1) is 0 Å². The molecule has 1 fully saturated rings. The third-order valence-corrected chi connectivity index (χ3v) is 2.09. The molecule has 13 heavy (non-hydrogen) atoms. The smallest absolute Gasteiger partial charge is 0.302 e. The van der Waals surface area contributed by atoms with Gasteiger partial charge in [-0.15, -0.1) is 0 Å². The van der Waals surface area contributed by atoms with E-state index < -0.39 is 0 Å². The van der Waals surface area contributed by atoms with Gasteiger partial charge in [0.2, 0.25) is 5.91 Å². The molecule has 1 aliphatic rings. The summed E-state index contributed by atoms with van der Waals surface area (Å²) in [6.07, 6.45) is 2.69. The number of carbonyl (C=O) groups is 2. The molecule has 4 nitrogen and oxygen atoms in total. The number of hydrogen-bond donors (Lipinski definition) is 0. The number of hydrogen-bond acceptors (Lipinski definition) is 3. The highest BCUT2D eigenvalue weighted by Crippen LogP contribution is 2.09. The van der Waals surface area contributed by atoms with E-state index in [-0.39, 0.29) is 11.9 Å².